The maximum Gasteiger partial charge on any atom is 0.266 e. The molecule has 0 unspecified atom stereocenters. The molecule has 0 aliphatic heterocycles. The Kier molecular flexibility index (Phi) is 8.07. The average molecular weight is 452 g/mol. The number of ether oxygens (including phenoxy) is 3. The van der Waals surface area contributed by atoms with Crippen LogP contribution in [-0.4, -0.2) is 43.1 Å². The van der Waals surface area contributed by atoms with E-state index in [2.05, 4.69) is 24.3 Å². The summed E-state index contributed by atoms with van der Waals surface area (Å²) in [5.74, 6) is 1.97. The molecular formula is C25H29N3O5. The highest BCUT2D eigenvalue weighted by molar-refractivity contribution is 5.77. The van der Waals surface area contributed by atoms with Crippen LogP contribution in [0.1, 0.15) is 25.3 Å². The quantitative estimate of drug-likeness (QED) is 0.509. The summed E-state index contributed by atoms with van der Waals surface area (Å²) in [4.78, 5) is 24.3. The van der Waals surface area contributed by atoms with Crippen molar-refractivity contribution in [2.45, 2.75) is 26.3 Å². The summed E-state index contributed by atoms with van der Waals surface area (Å²) in [7, 11) is 3.13. The largest absolute Gasteiger partial charge is 0.493 e. The molecule has 3 rings (SSSR count). The Morgan fingerprint density at radius 1 is 1.00 bits per heavy atom. The number of rotatable bonds is 10. The van der Waals surface area contributed by atoms with Crippen molar-refractivity contribution in [2.75, 3.05) is 27.4 Å². The zero-order valence-corrected chi connectivity index (χ0v) is 19.3. The van der Waals surface area contributed by atoms with E-state index in [9.17, 15) is 9.59 Å². The number of methoxy groups -OCH3 is 2. The minimum Gasteiger partial charge on any atom is -0.493 e. The average Bonchev–Trinajstić information content (AvgIpc) is 2.83. The molecule has 8 heteroatoms. The van der Waals surface area contributed by atoms with Crippen LogP contribution >= 0.6 is 0 Å². The zero-order valence-electron chi connectivity index (χ0n) is 19.3. The first-order chi connectivity index (χ1) is 15.9. The molecule has 1 amide bonds. The lowest BCUT2D eigenvalue weighted by Gasteiger charge is -2.11. The Hall–Kier alpha value is -3.81. The van der Waals surface area contributed by atoms with E-state index < -0.39 is 0 Å². The van der Waals surface area contributed by atoms with Crippen LogP contribution < -0.4 is 25.1 Å². The van der Waals surface area contributed by atoms with E-state index in [0.29, 0.717) is 28.9 Å². The van der Waals surface area contributed by atoms with Crippen LogP contribution in [0.2, 0.25) is 0 Å². The molecular weight excluding hydrogens is 422 g/mol. The Morgan fingerprint density at radius 2 is 1.73 bits per heavy atom. The van der Waals surface area contributed by atoms with Gasteiger partial charge in [0.1, 0.15) is 5.75 Å². The standard InChI is InChI=1S/C25H29N3O5/c1-17(2)18-5-8-20(9-6-18)33-16-24(29)26-13-14-28-25(30)12-10-21(27-28)19-7-11-22(31-3)23(15-19)32-4/h5-12,15,17H,13-14,16H2,1-4H3,(H,26,29). The lowest BCUT2D eigenvalue weighted by molar-refractivity contribution is -0.123. The fourth-order valence-corrected chi connectivity index (χ4v) is 3.21. The van der Waals surface area contributed by atoms with Crippen molar-refractivity contribution in [1.82, 2.24) is 15.1 Å². The molecule has 174 valence electrons. The first-order valence-electron chi connectivity index (χ1n) is 10.7. The zero-order chi connectivity index (χ0) is 23.8. The topological polar surface area (TPSA) is 91.7 Å². The van der Waals surface area contributed by atoms with Gasteiger partial charge in [0.25, 0.3) is 11.5 Å². The molecule has 33 heavy (non-hydrogen) atoms. The number of hydrogen-bond acceptors (Lipinski definition) is 6. The molecule has 0 atom stereocenters. The summed E-state index contributed by atoms with van der Waals surface area (Å²) < 4.78 is 17.4. The van der Waals surface area contributed by atoms with Crippen molar-refractivity contribution >= 4 is 5.91 Å². The van der Waals surface area contributed by atoms with E-state index in [1.165, 1.54) is 16.3 Å². The second-order valence-electron chi connectivity index (χ2n) is 7.71. The van der Waals surface area contributed by atoms with Gasteiger partial charge in [-0.3, -0.25) is 9.59 Å². The number of hydrogen-bond donors (Lipinski definition) is 1. The molecule has 0 saturated heterocycles. The summed E-state index contributed by atoms with van der Waals surface area (Å²) in [6, 6.07) is 16.2. The number of benzene rings is 2. The second kappa shape index (κ2) is 11.2. The Balaban J connectivity index is 1.56. The van der Waals surface area contributed by atoms with Crippen LogP contribution in [-0.2, 0) is 11.3 Å². The van der Waals surface area contributed by atoms with Gasteiger partial charge < -0.3 is 19.5 Å². The molecule has 1 N–H and O–H groups in total. The number of nitrogens with one attached hydrogen (secondary N) is 1. The lowest BCUT2D eigenvalue weighted by Crippen LogP contribution is -2.34. The SMILES string of the molecule is COc1ccc(-c2ccc(=O)n(CCNC(=O)COc3ccc(C(C)C)cc3)n2)cc1OC. The van der Waals surface area contributed by atoms with E-state index in [1.807, 2.05) is 30.3 Å². The minimum atomic E-state index is -0.271. The number of carbonyl (C=O) groups excluding carboxylic acids is 1. The van der Waals surface area contributed by atoms with Crippen LogP contribution in [0.4, 0.5) is 0 Å². The highest BCUT2D eigenvalue weighted by atomic mass is 16.5. The van der Waals surface area contributed by atoms with E-state index >= 15 is 0 Å². The monoisotopic (exact) mass is 451 g/mol. The van der Waals surface area contributed by atoms with Gasteiger partial charge in [-0.15, -0.1) is 0 Å². The summed E-state index contributed by atoms with van der Waals surface area (Å²) in [5, 5.41) is 7.16. The van der Waals surface area contributed by atoms with Crippen LogP contribution in [0.3, 0.4) is 0 Å². The number of carbonyl (C=O) groups is 1. The van der Waals surface area contributed by atoms with Crippen molar-refractivity contribution < 1.29 is 19.0 Å². The number of nitrogens with zero attached hydrogens (tertiary/aromatic N) is 2. The van der Waals surface area contributed by atoms with Crippen molar-refractivity contribution in [1.29, 1.82) is 0 Å². The third-order valence-corrected chi connectivity index (χ3v) is 5.11. The summed E-state index contributed by atoms with van der Waals surface area (Å²) in [6.07, 6.45) is 0. The first kappa shape index (κ1) is 23.8. The molecule has 1 heterocycles. The fraction of sp³-hybridized carbons (Fsp3) is 0.320. The van der Waals surface area contributed by atoms with Gasteiger partial charge in [0.05, 0.1) is 26.5 Å². The van der Waals surface area contributed by atoms with Crippen molar-refractivity contribution in [3.63, 3.8) is 0 Å². The second-order valence-corrected chi connectivity index (χ2v) is 7.71. The predicted molar refractivity (Wildman–Crippen MR) is 126 cm³/mol. The highest BCUT2D eigenvalue weighted by Gasteiger charge is 2.09. The highest BCUT2D eigenvalue weighted by Crippen LogP contribution is 2.31. The molecule has 0 aliphatic rings. The van der Waals surface area contributed by atoms with Gasteiger partial charge >= 0.3 is 0 Å². The predicted octanol–water partition coefficient (Wildman–Crippen LogP) is 3.25. The molecule has 0 fully saturated rings. The molecule has 0 aliphatic carbocycles. The molecule has 8 nitrogen and oxygen atoms in total. The van der Waals surface area contributed by atoms with Gasteiger partial charge in [0.2, 0.25) is 0 Å². The summed E-state index contributed by atoms with van der Waals surface area (Å²) in [5.41, 5.74) is 2.34. The molecule has 2 aromatic carbocycles. The number of amides is 1. The third-order valence-electron chi connectivity index (χ3n) is 5.11. The van der Waals surface area contributed by atoms with Gasteiger partial charge in [0.15, 0.2) is 18.1 Å². The molecule has 0 bridgehead atoms. The van der Waals surface area contributed by atoms with Crippen molar-refractivity contribution in [2.24, 2.45) is 0 Å². The molecule has 3 aromatic rings. The van der Waals surface area contributed by atoms with Crippen LogP contribution in [0.25, 0.3) is 11.3 Å². The smallest absolute Gasteiger partial charge is 0.266 e. The molecule has 1 aromatic heterocycles. The lowest BCUT2D eigenvalue weighted by atomic mass is 10.0. The minimum absolute atomic E-state index is 0.102. The Morgan fingerprint density at radius 3 is 2.39 bits per heavy atom. The van der Waals surface area contributed by atoms with Gasteiger partial charge in [-0.1, -0.05) is 26.0 Å². The Bertz CT molecular complexity index is 1140. The number of aromatic nitrogens is 2. The van der Waals surface area contributed by atoms with Gasteiger partial charge in [-0.2, -0.15) is 5.10 Å². The van der Waals surface area contributed by atoms with E-state index in [1.54, 1.807) is 32.4 Å². The van der Waals surface area contributed by atoms with E-state index in [4.69, 9.17) is 14.2 Å². The first-order valence-corrected chi connectivity index (χ1v) is 10.7. The van der Waals surface area contributed by atoms with Crippen LogP contribution in [0.5, 0.6) is 17.2 Å². The fourth-order valence-electron chi connectivity index (χ4n) is 3.21. The van der Waals surface area contributed by atoms with Crippen molar-refractivity contribution in [3.8, 4) is 28.5 Å². The van der Waals surface area contributed by atoms with Gasteiger partial charge in [0, 0.05) is 18.2 Å². The maximum absolute atomic E-state index is 12.2. The third kappa shape index (κ3) is 6.35. The normalized spacial score (nSPS) is 10.7. The van der Waals surface area contributed by atoms with Crippen LogP contribution in [0.15, 0.2) is 59.4 Å². The van der Waals surface area contributed by atoms with Gasteiger partial charge in [-0.05, 0) is 47.9 Å². The van der Waals surface area contributed by atoms with E-state index in [-0.39, 0.29) is 31.2 Å². The molecule has 0 saturated carbocycles. The maximum atomic E-state index is 12.2. The molecule has 0 radical (unpaired) electrons. The molecule has 0 spiro atoms. The summed E-state index contributed by atoms with van der Waals surface area (Å²) in [6.45, 7) is 4.61. The van der Waals surface area contributed by atoms with Crippen molar-refractivity contribution in [3.05, 3.63) is 70.5 Å². The van der Waals surface area contributed by atoms with Crippen LogP contribution in [0, 0.1) is 0 Å². The van der Waals surface area contributed by atoms with Gasteiger partial charge in [-0.25, -0.2) is 4.68 Å². The van der Waals surface area contributed by atoms with E-state index in [0.717, 1.165) is 5.56 Å². The summed E-state index contributed by atoms with van der Waals surface area (Å²) >= 11 is 0. The Labute approximate surface area is 193 Å².